The van der Waals surface area contributed by atoms with E-state index in [4.69, 9.17) is 4.52 Å². The lowest BCUT2D eigenvalue weighted by Gasteiger charge is -2.21. The number of hydrogen-bond donors (Lipinski definition) is 1. The van der Waals surface area contributed by atoms with Gasteiger partial charge >= 0.3 is 0 Å². The monoisotopic (exact) mass is 409 g/mol. The van der Waals surface area contributed by atoms with Gasteiger partial charge in [0.05, 0.1) is 6.54 Å². The lowest BCUT2D eigenvalue weighted by atomic mass is 10.2. The number of anilines is 1. The maximum Gasteiger partial charge on any atom is 0.251 e. The van der Waals surface area contributed by atoms with Crippen LogP contribution < -0.4 is 10.2 Å². The first-order valence-corrected chi connectivity index (χ1v) is 9.88. The maximum absolute atomic E-state index is 13.0. The van der Waals surface area contributed by atoms with Gasteiger partial charge in [-0.25, -0.2) is 4.39 Å². The van der Waals surface area contributed by atoms with Gasteiger partial charge in [0.1, 0.15) is 5.82 Å². The second-order valence-corrected chi connectivity index (χ2v) is 7.60. The molecule has 0 spiro atoms. The molecule has 2 aromatic carbocycles. The predicted molar refractivity (Wildman–Crippen MR) is 112 cm³/mol. The first-order valence-electron chi connectivity index (χ1n) is 9.88. The molecule has 1 aliphatic rings. The topological polar surface area (TPSA) is 74.5 Å². The van der Waals surface area contributed by atoms with E-state index in [0.717, 1.165) is 25.1 Å². The normalized spacial score (nSPS) is 16.3. The molecule has 8 heteroatoms. The number of amides is 1. The van der Waals surface area contributed by atoms with Gasteiger partial charge in [0.25, 0.3) is 5.91 Å². The van der Waals surface area contributed by atoms with Crippen LogP contribution in [0.25, 0.3) is 11.4 Å². The van der Waals surface area contributed by atoms with Crippen LogP contribution in [0, 0.1) is 5.82 Å². The van der Waals surface area contributed by atoms with Crippen molar-refractivity contribution >= 4 is 11.6 Å². The summed E-state index contributed by atoms with van der Waals surface area (Å²) in [5, 5.41) is 6.69. The van der Waals surface area contributed by atoms with Crippen LogP contribution in [0.2, 0.25) is 0 Å². The minimum atomic E-state index is -0.388. The number of halogens is 1. The lowest BCUT2D eigenvalue weighted by Crippen LogP contribution is -2.31. The fourth-order valence-corrected chi connectivity index (χ4v) is 3.52. The molecule has 7 nitrogen and oxygen atoms in total. The van der Waals surface area contributed by atoms with Crippen molar-refractivity contribution in [3.05, 3.63) is 65.8 Å². The number of carbonyl (C=O) groups excluding carboxylic acids is 1. The van der Waals surface area contributed by atoms with E-state index in [9.17, 15) is 9.18 Å². The van der Waals surface area contributed by atoms with E-state index in [1.54, 1.807) is 0 Å². The Bertz CT molecular complexity index is 1000. The highest BCUT2D eigenvalue weighted by molar-refractivity contribution is 5.94. The summed E-state index contributed by atoms with van der Waals surface area (Å²) < 4.78 is 18.2. The minimum Gasteiger partial charge on any atom is -0.370 e. The summed E-state index contributed by atoms with van der Waals surface area (Å²) in [5.41, 5.74) is 2.39. The third-order valence-corrected chi connectivity index (χ3v) is 5.36. The molecular formula is C22H24FN5O2. The lowest BCUT2D eigenvalue weighted by molar-refractivity contribution is 0.0946. The number of benzene rings is 2. The molecule has 0 saturated carbocycles. The number of hydrogen-bond acceptors (Lipinski definition) is 6. The molecule has 3 aromatic rings. The van der Waals surface area contributed by atoms with E-state index in [2.05, 4.69) is 51.5 Å². The van der Waals surface area contributed by atoms with Gasteiger partial charge in [-0.2, -0.15) is 4.98 Å². The van der Waals surface area contributed by atoms with Gasteiger partial charge in [-0.05, 0) is 69.0 Å². The molecule has 1 saturated heterocycles. The number of likely N-dealkylation sites (N-methyl/N-ethyl adjacent to an activating group) is 1. The van der Waals surface area contributed by atoms with E-state index >= 15 is 0 Å². The standard InChI is InChI=1S/C22H24FN5O2/c1-27(2)19-11-12-28(14-19)18-9-5-15(6-10-18)21-25-20(30-26-21)13-24-22(29)16-3-7-17(23)8-4-16/h3-10,19H,11-14H2,1-2H3,(H,24,29). The van der Waals surface area contributed by atoms with Crippen LogP contribution in [0.4, 0.5) is 10.1 Å². The quantitative estimate of drug-likeness (QED) is 0.675. The van der Waals surface area contributed by atoms with Gasteiger partial charge in [-0.15, -0.1) is 0 Å². The third kappa shape index (κ3) is 4.49. The molecule has 1 atom stereocenters. The van der Waals surface area contributed by atoms with Gasteiger partial charge in [0.2, 0.25) is 11.7 Å². The number of rotatable bonds is 6. The van der Waals surface area contributed by atoms with E-state index < -0.39 is 0 Å². The van der Waals surface area contributed by atoms with Crippen molar-refractivity contribution in [2.75, 3.05) is 32.1 Å². The maximum atomic E-state index is 13.0. The minimum absolute atomic E-state index is 0.0982. The van der Waals surface area contributed by atoms with Gasteiger partial charge in [-0.1, -0.05) is 5.16 Å². The van der Waals surface area contributed by atoms with Gasteiger partial charge < -0.3 is 19.6 Å². The first kappa shape index (κ1) is 20.0. The summed E-state index contributed by atoms with van der Waals surface area (Å²) in [6, 6.07) is 14.0. The third-order valence-electron chi connectivity index (χ3n) is 5.36. The first-order chi connectivity index (χ1) is 14.5. The Kier molecular flexibility index (Phi) is 5.76. The van der Waals surface area contributed by atoms with Crippen LogP contribution in [0.15, 0.2) is 53.1 Å². The summed E-state index contributed by atoms with van der Waals surface area (Å²) in [6.07, 6.45) is 1.16. The Morgan fingerprint density at radius 2 is 1.93 bits per heavy atom. The van der Waals surface area contributed by atoms with Crippen LogP contribution in [-0.2, 0) is 6.54 Å². The summed E-state index contributed by atoms with van der Waals surface area (Å²) >= 11 is 0. The smallest absolute Gasteiger partial charge is 0.251 e. The molecule has 4 rings (SSSR count). The van der Waals surface area contributed by atoms with Crippen LogP contribution >= 0.6 is 0 Å². The molecule has 0 aliphatic carbocycles. The van der Waals surface area contributed by atoms with E-state index in [-0.39, 0.29) is 18.3 Å². The molecule has 1 aromatic heterocycles. The van der Waals surface area contributed by atoms with Crippen molar-refractivity contribution in [2.24, 2.45) is 0 Å². The average molecular weight is 409 g/mol. The molecule has 30 heavy (non-hydrogen) atoms. The Morgan fingerprint density at radius 3 is 2.60 bits per heavy atom. The molecule has 0 radical (unpaired) electrons. The molecular weight excluding hydrogens is 385 g/mol. The van der Waals surface area contributed by atoms with Crippen LogP contribution in [0.3, 0.4) is 0 Å². The highest BCUT2D eigenvalue weighted by Crippen LogP contribution is 2.25. The van der Waals surface area contributed by atoms with E-state index in [1.165, 1.54) is 30.0 Å². The molecule has 156 valence electrons. The molecule has 1 amide bonds. The number of nitrogens with one attached hydrogen (secondary N) is 1. The van der Waals surface area contributed by atoms with Crippen LogP contribution in [0.5, 0.6) is 0 Å². The van der Waals surface area contributed by atoms with Crippen molar-refractivity contribution in [3.63, 3.8) is 0 Å². The summed E-state index contributed by atoms with van der Waals surface area (Å²) in [6.45, 7) is 2.16. The fraction of sp³-hybridized carbons (Fsp3) is 0.318. The molecule has 1 fully saturated rings. The van der Waals surface area contributed by atoms with Crippen molar-refractivity contribution in [1.82, 2.24) is 20.4 Å². The Balaban J connectivity index is 1.35. The largest absolute Gasteiger partial charge is 0.370 e. The fourth-order valence-electron chi connectivity index (χ4n) is 3.52. The van der Waals surface area contributed by atoms with Crippen molar-refractivity contribution in [3.8, 4) is 11.4 Å². The highest BCUT2D eigenvalue weighted by atomic mass is 19.1. The molecule has 0 bridgehead atoms. The zero-order valence-electron chi connectivity index (χ0n) is 17.0. The summed E-state index contributed by atoms with van der Waals surface area (Å²) in [4.78, 5) is 21.1. The summed E-state index contributed by atoms with van der Waals surface area (Å²) in [7, 11) is 4.24. The van der Waals surface area contributed by atoms with E-state index in [1.807, 2.05) is 12.1 Å². The molecule has 1 unspecified atom stereocenters. The van der Waals surface area contributed by atoms with Gasteiger partial charge in [0.15, 0.2) is 0 Å². The van der Waals surface area contributed by atoms with Crippen LogP contribution in [-0.4, -0.2) is 54.2 Å². The number of carbonyl (C=O) groups is 1. The second-order valence-electron chi connectivity index (χ2n) is 7.60. The Labute approximate surface area is 174 Å². The average Bonchev–Trinajstić information content (AvgIpc) is 3.43. The zero-order valence-corrected chi connectivity index (χ0v) is 17.0. The molecule has 2 heterocycles. The van der Waals surface area contributed by atoms with Crippen molar-refractivity contribution in [2.45, 2.75) is 19.0 Å². The zero-order chi connectivity index (χ0) is 21.1. The van der Waals surface area contributed by atoms with Crippen molar-refractivity contribution < 1.29 is 13.7 Å². The van der Waals surface area contributed by atoms with Crippen molar-refractivity contribution in [1.29, 1.82) is 0 Å². The number of nitrogens with zero attached hydrogens (tertiary/aromatic N) is 4. The molecule has 1 N–H and O–H groups in total. The second kappa shape index (κ2) is 8.62. The predicted octanol–water partition coefficient (Wildman–Crippen LogP) is 2.95. The highest BCUT2D eigenvalue weighted by Gasteiger charge is 2.24. The van der Waals surface area contributed by atoms with Crippen LogP contribution in [0.1, 0.15) is 22.7 Å². The van der Waals surface area contributed by atoms with E-state index in [0.29, 0.717) is 23.3 Å². The Hall–Kier alpha value is -3.26. The van der Waals surface area contributed by atoms with Gasteiger partial charge in [0, 0.05) is 35.9 Å². The summed E-state index contributed by atoms with van der Waals surface area (Å²) in [5.74, 6) is 0.0557. The van der Waals surface area contributed by atoms with Gasteiger partial charge in [-0.3, -0.25) is 4.79 Å². The Morgan fingerprint density at radius 1 is 1.20 bits per heavy atom. The number of aromatic nitrogens is 2. The molecule has 1 aliphatic heterocycles. The SMILES string of the molecule is CN(C)C1CCN(c2ccc(-c3noc(CNC(=O)c4ccc(F)cc4)n3)cc2)C1.